The number of guanidine groups is 1. The lowest BCUT2D eigenvalue weighted by Gasteiger charge is -2.10. The molecule has 2 heterocycles. The number of nitrogens with one attached hydrogen (secondary N) is 3. The second kappa shape index (κ2) is 11.1. The fourth-order valence-corrected chi connectivity index (χ4v) is 2.57. The van der Waals surface area contributed by atoms with Crippen LogP contribution in [-0.2, 0) is 24.1 Å². The van der Waals surface area contributed by atoms with Crippen molar-refractivity contribution in [2.45, 2.75) is 26.2 Å². The Morgan fingerprint density at radius 1 is 1.30 bits per heavy atom. The Hall–Kier alpha value is -1.83. The maximum Gasteiger partial charge on any atom is 0.434 e. The van der Waals surface area contributed by atoms with Crippen LogP contribution in [0.2, 0.25) is 0 Å². The van der Waals surface area contributed by atoms with Gasteiger partial charge < -0.3 is 20.4 Å². The topological polar surface area (TPSA) is 91.5 Å². The third kappa shape index (κ3) is 8.15. The van der Waals surface area contributed by atoms with Crippen molar-refractivity contribution in [1.82, 2.24) is 20.9 Å². The van der Waals surface area contributed by atoms with Gasteiger partial charge in [0.15, 0.2) is 11.7 Å². The van der Waals surface area contributed by atoms with Gasteiger partial charge in [-0.25, -0.2) is 9.98 Å². The molecule has 2 rings (SSSR count). The van der Waals surface area contributed by atoms with Crippen LogP contribution in [0.1, 0.15) is 23.4 Å². The van der Waals surface area contributed by atoms with Crippen LogP contribution in [0.5, 0.6) is 0 Å². The summed E-state index contributed by atoms with van der Waals surface area (Å²) in [5, 5.41) is 9.63. The zero-order valence-electron chi connectivity index (χ0n) is 14.3. The van der Waals surface area contributed by atoms with E-state index in [4.69, 9.17) is 4.42 Å². The van der Waals surface area contributed by atoms with Crippen LogP contribution in [-0.4, -0.2) is 29.9 Å². The lowest BCUT2D eigenvalue weighted by Crippen LogP contribution is -2.38. The van der Waals surface area contributed by atoms with Crippen molar-refractivity contribution in [2.24, 2.45) is 4.99 Å². The SMILES string of the molecule is CCNC(=NCC(=O)NCc1ccco1)NCc1nc(C(F)(F)F)cs1.I. The van der Waals surface area contributed by atoms with E-state index in [1.54, 1.807) is 12.1 Å². The third-order valence-corrected chi connectivity index (χ3v) is 3.86. The van der Waals surface area contributed by atoms with E-state index in [0.717, 1.165) is 16.7 Å². The summed E-state index contributed by atoms with van der Waals surface area (Å²) in [7, 11) is 0. The second-order valence-corrected chi connectivity index (χ2v) is 5.97. The van der Waals surface area contributed by atoms with E-state index in [-0.39, 0.29) is 54.5 Å². The van der Waals surface area contributed by atoms with Crippen molar-refractivity contribution in [1.29, 1.82) is 0 Å². The molecule has 2 aromatic heterocycles. The lowest BCUT2D eigenvalue weighted by atomic mass is 10.4. The lowest BCUT2D eigenvalue weighted by molar-refractivity contribution is -0.140. The number of carbonyl (C=O) groups excluding carboxylic acids is 1. The number of halogens is 4. The van der Waals surface area contributed by atoms with Crippen molar-refractivity contribution >= 4 is 47.2 Å². The first kappa shape index (κ1) is 23.2. The Kier molecular flexibility index (Phi) is 9.55. The minimum absolute atomic E-state index is 0. The summed E-state index contributed by atoms with van der Waals surface area (Å²) in [5.41, 5.74) is -0.918. The van der Waals surface area contributed by atoms with Crippen molar-refractivity contribution in [2.75, 3.05) is 13.1 Å². The highest BCUT2D eigenvalue weighted by molar-refractivity contribution is 14.0. The molecule has 12 heteroatoms. The number of aliphatic imine (C=N–C) groups is 1. The molecule has 0 bridgehead atoms. The fourth-order valence-electron chi connectivity index (χ4n) is 1.83. The second-order valence-electron chi connectivity index (χ2n) is 5.03. The Morgan fingerprint density at radius 2 is 2.07 bits per heavy atom. The largest absolute Gasteiger partial charge is 0.467 e. The Labute approximate surface area is 174 Å². The summed E-state index contributed by atoms with van der Waals surface area (Å²) in [4.78, 5) is 19.4. The van der Waals surface area contributed by atoms with E-state index in [1.165, 1.54) is 6.26 Å². The van der Waals surface area contributed by atoms with Crippen LogP contribution >= 0.6 is 35.3 Å². The smallest absolute Gasteiger partial charge is 0.434 e. The number of furan rings is 1. The van der Waals surface area contributed by atoms with Crippen LogP contribution in [0.4, 0.5) is 13.2 Å². The van der Waals surface area contributed by atoms with Gasteiger partial charge in [0.25, 0.3) is 0 Å². The van der Waals surface area contributed by atoms with Gasteiger partial charge in [0.05, 0.1) is 19.4 Å². The van der Waals surface area contributed by atoms with Gasteiger partial charge in [-0.2, -0.15) is 13.2 Å². The molecule has 0 aliphatic rings. The zero-order chi connectivity index (χ0) is 19.0. The molecule has 0 saturated heterocycles. The Morgan fingerprint density at radius 3 is 2.67 bits per heavy atom. The number of rotatable bonds is 7. The average Bonchev–Trinajstić information content (AvgIpc) is 3.26. The summed E-state index contributed by atoms with van der Waals surface area (Å²) in [6.45, 7) is 2.55. The highest BCUT2D eigenvalue weighted by Crippen LogP contribution is 2.29. The molecule has 1 amide bonds. The molecule has 0 aromatic carbocycles. The molecule has 0 fully saturated rings. The monoisotopic (exact) mass is 517 g/mol. The minimum Gasteiger partial charge on any atom is -0.467 e. The van der Waals surface area contributed by atoms with Crippen LogP contribution in [0, 0.1) is 0 Å². The molecule has 0 atom stereocenters. The van der Waals surface area contributed by atoms with Gasteiger partial charge in [0, 0.05) is 11.9 Å². The van der Waals surface area contributed by atoms with E-state index in [0.29, 0.717) is 18.3 Å². The molecule has 0 aliphatic carbocycles. The third-order valence-electron chi connectivity index (χ3n) is 3.01. The normalized spacial score (nSPS) is 11.6. The molecular formula is C15H19F3IN5O2S. The summed E-state index contributed by atoms with van der Waals surface area (Å²) >= 11 is 0.901. The van der Waals surface area contributed by atoms with Crippen LogP contribution in [0.25, 0.3) is 0 Å². The number of nitrogens with zero attached hydrogens (tertiary/aromatic N) is 2. The fraction of sp³-hybridized carbons (Fsp3) is 0.400. The van der Waals surface area contributed by atoms with E-state index >= 15 is 0 Å². The highest BCUT2D eigenvalue weighted by Gasteiger charge is 2.33. The van der Waals surface area contributed by atoms with Gasteiger partial charge in [-0.3, -0.25) is 4.79 Å². The standard InChI is InChI=1S/C15H18F3N5O2S.HI/c1-2-19-14(21-7-12(24)20-6-10-4-3-5-25-10)22-8-13-23-11(9-26-13)15(16,17)18;/h3-5,9H,2,6-8H2,1H3,(H,20,24)(H2,19,21,22);1H. The number of alkyl halides is 3. The number of amides is 1. The van der Waals surface area contributed by atoms with Gasteiger partial charge in [0.2, 0.25) is 5.91 Å². The molecular weight excluding hydrogens is 498 g/mol. The molecule has 7 nitrogen and oxygen atoms in total. The van der Waals surface area contributed by atoms with Gasteiger partial charge in [0.1, 0.15) is 17.3 Å². The molecule has 0 aliphatic heterocycles. The maximum absolute atomic E-state index is 12.5. The molecule has 0 saturated carbocycles. The number of aromatic nitrogens is 1. The molecule has 150 valence electrons. The van der Waals surface area contributed by atoms with Gasteiger partial charge in [-0.15, -0.1) is 35.3 Å². The molecule has 0 radical (unpaired) electrons. The zero-order valence-corrected chi connectivity index (χ0v) is 17.4. The van der Waals surface area contributed by atoms with Gasteiger partial charge in [-0.05, 0) is 19.1 Å². The number of thiazole rings is 1. The summed E-state index contributed by atoms with van der Waals surface area (Å²) in [6.07, 6.45) is -2.95. The predicted octanol–water partition coefficient (Wildman–Crippen LogP) is 2.74. The van der Waals surface area contributed by atoms with Crippen molar-refractivity contribution in [3.05, 3.63) is 40.2 Å². The van der Waals surface area contributed by atoms with E-state index in [2.05, 4.69) is 25.9 Å². The molecule has 3 N–H and O–H groups in total. The quantitative estimate of drug-likeness (QED) is 0.299. The predicted molar refractivity (Wildman–Crippen MR) is 106 cm³/mol. The van der Waals surface area contributed by atoms with Crippen molar-refractivity contribution in [3.8, 4) is 0 Å². The number of hydrogen-bond donors (Lipinski definition) is 3. The molecule has 2 aromatic rings. The summed E-state index contributed by atoms with van der Waals surface area (Å²) in [5.74, 6) is 0.619. The molecule has 0 unspecified atom stereocenters. The van der Waals surface area contributed by atoms with Gasteiger partial charge in [-0.1, -0.05) is 0 Å². The van der Waals surface area contributed by atoms with Crippen molar-refractivity contribution in [3.63, 3.8) is 0 Å². The Bertz CT molecular complexity index is 734. The van der Waals surface area contributed by atoms with E-state index in [1.807, 2.05) is 6.92 Å². The first-order valence-electron chi connectivity index (χ1n) is 7.71. The van der Waals surface area contributed by atoms with E-state index < -0.39 is 11.9 Å². The highest BCUT2D eigenvalue weighted by atomic mass is 127. The first-order chi connectivity index (χ1) is 12.4. The van der Waals surface area contributed by atoms with Crippen LogP contribution in [0.3, 0.4) is 0 Å². The molecule has 0 spiro atoms. The number of carbonyl (C=O) groups is 1. The van der Waals surface area contributed by atoms with E-state index in [9.17, 15) is 18.0 Å². The van der Waals surface area contributed by atoms with Crippen LogP contribution < -0.4 is 16.0 Å². The van der Waals surface area contributed by atoms with Crippen molar-refractivity contribution < 1.29 is 22.4 Å². The maximum atomic E-state index is 12.5. The minimum atomic E-state index is -4.46. The summed E-state index contributed by atoms with van der Waals surface area (Å²) < 4.78 is 42.7. The van der Waals surface area contributed by atoms with Crippen LogP contribution in [0.15, 0.2) is 33.2 Å². The average molecular weight is 517 g/mol. The molecule has 27 heavy (non-hydrogen) atoms. The Balaban J connectivity index is 0.00000364. The van der Waals surface area contributed by atoms with Gasteiger partial charge >= 0.3 is 6.18 Å². The number of hydrogen-bond acceptors (Lipinski definition) is 5. The first-order valence-corrected chi connectivity index (χ1v) is 8.59. The summed E-state index contributed by atoms with van der Waals surface area (Å²) in [6, 6.07) is 3.45.